The van der Waals surface area contributed by atoms with Crippen LogP contribution in [0.25, 0.3) is 0 Å². The first-order chi connectivity index (χ1) is 4.84. The summed E-state index contributed by atoms with van der Waals surface area (Å²) in [4.78, 5) is 0. The Morgan fingerprint density at radius 2 is 2.40 bits per heavy atom. The van der Waals surface area contributed by atoms with Crippen molar-refractivity contribution in [3.63, 3.8) is 0 Å². The predicted octanol–water partition coefficient (Wildman–Crippen LogP) is 1.10. The third-order valence-electron chi connectivity index (χ3n) is 1.55. The van der Waals surface area contributed by atoms with Gasteiger partial charge in [0.05, 0.1) is 0 Å². The van der Waals surface area contributed by atoms with Crippen LogP contribution in [0.3, 0.4) is 0 Å². The summed E-state index contributed by atoms with van der Waals surface area (Å²) < 4.78 is 0. The van der Waals surface area contributed by atoms with Gasteiger partial charge in [-0.25, -0.2) is 5.10 Å². The molecule has 1 rings (SSSR count). The molecule has 0 saturated heterocycles. The zero-order chi connectivity index (χ0) is 7.40. The Labute approximate surface area is 60.0 Å². The number of rotatable bonds is 3. The normalized spacial score (nSPS) is 13.4. The molecule has 1 atom stereocenters. The number of aromatic nitrogens is 4. The Bertz CT molecular complexity index is 170. The molecule has 4 heteroatoms. The van der Waals surface area contributed by atoms with Crippen LogP contribution in [0.5, 0.6) is 0 Å². The molecule has 0 spiro atoms. The van der Waals surface area contributed by atoms with Crippen molar-refractivity contribution in [2.45, 2.75) is 32.6 Å². The quantitative estimate of drug-likeness (QED) is 0.684. The Morgan fingerprint density at radius 1 is 1.60 bits per heavy atom. The topological polar surface area (TPSA) is 54.5 Å². The molecule has 0 fully saturated rings. The zero-order valence-corrected chi connectivity index (χ0v) is 6.33. The SMILES string of the molecule is CCCC(C)c1nnn[nH]1. The number of tetrazole rings is 1. The van der Waals surface area contributed by atoms with Gasteiger partial charge in [-0.2, -0.15) is 0 Å². The summed E-state index contributed by atoms with van der Waals surface area (Å²) in [5.41, 5.74) is 0. The largest absolute Gasteiger partial charge is 0.243 e. The molecule has 0 amide bonds. The lowest BCUT2D eigenvalue weighted by molar-refractivity contribution is 0.628. The third-order valence-corrected chi connectivity index (χ3v) is 1.55. The van der Waals surface area contributed by atoms with Gasteiger partial charge >= 0.3 is 0 Å². The third kappa shape index (κ3) is 1.52. The van der Waals surface area contributed by atoms with E-state index < -0.39 is 0 Å². The highest BCUT2D eigenvalue weighted by atomic mass is 15.5. The van der Waals surface area contributed by atoms with Crippen LogP contribution in [0, 0.1) is 0 Å². The second-order valence-electron chi connectivity index (χ2n) is 2.48. The molecular weight excluding hydrogens is 128 g/mol. The molecule has 0 aliphatic rings. The zero-order valence-electron chi connectivity index (χ0n) is 6.33. The highest BCUT2D eigenvalue weighted by Crippen LogP contribution is 2.13. The van der Waals surface area contributed by atoms with Crippen molar-refractivity contribution in [1.29, 1.82) is 0 Å². The van der Waals surface area contributed by atoms with Gasteiger partial charge in [-0.3, -0.25) is 0 Å². The van der Waals surface area contributed by atoms with E-state index in [1.54, 1.807) is 0 Å². The predicted molar refractivity (Wildman–Crippen MR) is 37.5 cm³/mol. The molecule has 4 nitrogen and oxygen atoms in total. The van der Waals surface area contributed by atoms with Crippen molar-refractivity contribution in [3.05, 3.63) is 5.82 Å². The number of H-pyrrole nitrogens is 1. The van der Waals surface area contributed by atoms with Crippen LogP contribution in [-0.4, -0.2) is 20.6 Å². The van der Waals surface area contributed by atoms with Gasteiger partial charge in [-0.1, -0.05) is 20.3 Å². The first-order valence-corrected chi connectivity index (χ1v) is 3.58. The molecule has 1 N–H and O–H groups in total. The van der Waals surface area contributed by atoms with Gasteiger partial charge in [0.2, 0.25) is 0 Å². The highest BCUT2D eigenvalue weighted by Gasteiger charge is 2.06. The summed E-state index contributed by atoms with van der Waals surface area (Å²) in [7, 11) is 0. The summed E-state index contributed by atoms with van der Waals surface area (Å²) in [6, 6.07) is 0. The van der Waals surface area contributed by atoms with Crippen LogP contribution in [-0.2, 0) is 0 Å². The van der Waals surface area contributed by atoms with Gasteiger partial charge < -0.3 is 0 Å². The van der Waals surface area contributed by atoms with E-state index in [0.29, 0.717) is 5.92 Å². The van der Waals surface area contributed by atoms with Crippen LogP contribution >= 0.6 is 0 Å². The monoisotopic (exact) mass is 140 g/mol. The molecule has 0 aliphatic carbocycles. The molecule has 0 aliphatic heterocycles. The molecule has 0 bridgehead atoms. The van der Waals surface area contributed by atoms with Crippen LogP contribution in [0.15, 0.2) is 0 Å². The Hall–Kier alpha value is -0.930. The van der Waals surface area contributed by atoms with Crippen molar-refractivity contribution in [2.24, 2.45) is 0 Å². The fourth-order valence-corrected chi connectivity index (χ4v) is 0.945. The molecular formula is C6H12N4. The maximum atomic E-state index is 3.82. The van der Waals surface area contributed by atoms with Crippen molar-refractivity contribution in [3.8, 4) is 0 Å². The number of aromatic amines is 1. The average molecular weight is 140 g/mol. The van der Waals surface area contributed by atoms with E-state index >= 15 is 0 Å². The molecule has 0 radical (unpaired) electrons. The van der Waals surface area contributed by atoms with Crippen LogP contribution in [0.2, 0.25) is 0 Å². The minimum absolute atomic E-state index is 0.458. The van der Waals surface area contributed by atoms with Crippen LogP contribution < -0.4 is 0 Å². The van der Waals surface area contributed by atoms with E-state index in [4.69, 9.17) is 0 Å². The molecule has 1 heterocycles. The minimum Gasteiger partial charge on any atom is -0.243 e. The van der Waals surface area contributed by atoms with E-state index in [2.05, 4.69) is 34.5 Å². The van der Waals surface area contributed by atoms with Gasteiger partial charge in [-0.15, -0.1) is 5.10 Å². The summed E-state index contributed by atoms with van der Waals surface area (Å²) >= 11 is 0. The number of hydrogen-bond acceptors (Lipinski definition) is 3. The smallest absolute Gasteiger partial charge is 0.151 e. The highest BCUT2D eigenvalue weighted by molar-refractivity contribution is 4.86. The van der Waals surface area contributed by atoms with Gasteiger partial charge in [0, 0.05) is 5.92 Å². The Balaban J connectivity index is 2.50. The number of hydrogen-bond donors (Lipinski definition) is 1. The van der Waals surface area contributed by atoms with Gasteiger partial charge in [0.15, 0.2) is 5.82 Å². The van der Waals surface area contributed by atoms with Gasteiger partial charge in [0.25, 0.3) is 0 Å². The molecule has 0 aromatic carbocycles. The average Bonchev–Trinajstić information content (AvgIpc) is 2.38. The van der Waals surface area contributed by atoms with Crippen molar-refractivity contribution in [1.82, 2.24) is 20.6 Å². The first kappa shape index (κ1) is 7.18. The second kappa shape index (κ2) is 3.29. The van der Waals surface area contributed by atoms with E-state index in [1.165, 1.54) is 6.42 Å². The maximum Gasteiger partial charge on any atom is 0.151 e. The number of nitrogens with one attached hydrogen (secondary N) is 1. The Kier molecular flexibility index (Phi) is 2.36. The first-order valence-electron chi connectivity index (χ1n) is 3.58. The molecule has 1 aromatic heterocycles. The lowest BCUT2D eigenvalue weighted by atomic mass is 10.1. The molecule has 1 aromatic rings. The maximum absolute atomic E-state index is 3.82. The molecule has 0 saturated carbocycles. The number of nitrogens with zero attached hydrogens (tertiary/aromatic N) is 3. The lowest BCUT2D eigenvalue weighted by Gasteiger charge is -2.02. The van der Waals surface area contributed by atoms with Gasteiger partial charge in [0.1, 0.15) is 0 Å². The summed E-state index contributed by atoms with van der Waals surface area (Å²) in [5, 5.41) is 13.6. The van der Waals surface area contributed by atoms with Crippen LogP contribution in [0.1, 0.15) is 38.4 Å². The van der Waals surface area contributed by atoms with E-state index in [0.717, 1.165) is 12.2 Å². The van der Waals surface area contributed by atoms with Gasteiger partial charge in [-0.05, 0) is 16.8 Å². The van der Waals surface area contributed by atoms with Crippen molar-refractivity contribution < 1.29 is 0 Å². The van der Waals surface area contributed by atoms with Crippen molar-refractivity contribution in [2.75, 3.05) is 0 Å². The van der Waals surface area contributed by atoms with E-state index in [-0.39, 0.29) is 0 Å². The minimum atomic E-state index is 0.458. The summed E-state index contributed by atoms with van der Waals surface area (Å²) in [6.07, 6.45) is 2.30. The molecule has 10 heavy (non-hydrogen) atoms. The standard InChI is InChI=1S/C6H12N4/c1-3-4-5(2)6-7-9-10-8-6/h5H,3-4H2,1-2H3,(H,7,8,9,10). The lowest BCUT2D eigenvalue weighted by Crippen LogP contribution is -1.95. The fourth-order valence-electron chi connectivity index (χ4n) is 0.945. The van der Waals surface area contributed by atoms with E-state index in [9.17, 15) is 0 Å². The van der Waals surface area contributed by atoms with Crippen LogP contribution in [0.4, 0.5) is 0 Å². The van der Waals surface area contributed by atoms with E-state index in [1.807, 2.05) is 0 Å². The summed E-state index contributed by atoms with van der Waals surface area (Å²) in [6.45, 7) is 4.27. The second-order valence-corrected chi connectivity index (χ2v) is 2.48. The summed E-state index contributed by atoms with van der Waals surface area (Å²) in [5.74, 6) is 1.35. The fraction of sp³-hybridized carbons (Fsp3) is 0.833. The molecule has 56 valence electrons. The Morgan fingerprint density at radius 3 is 2.90 bits per heavy atom. The van der Waals surface area contributed by atoms with Crippen molar-refractivity contribution >= 4 is 0 Å². The molecule has 1 unspecified atom stereocenters.